The number of nitrogens with zero attached hydrogens (tertiary/aromatic N) is 14. The molecule has 1 fully saturated rings. The van der Waals surface area contributed by atoms with Gasteiger partial charge in [0.1, 0.15) is 27.1 Å². The third-order valence-electron chi connectivity index (χ3n) is 18.0. The van der Waals surface area contributed by atoms with E-state index in [1.807, 2.05) is 139 Å². The van der Waals surface area contributed by atoms with Crippen molar-refractivity contribution in [1.82, 2.24) is 64.2 Å². The van der Waals surface area contributed by atoms with Crippen molar-refractivity contribution in [1.29, 1.82) is 0 Å². The van der Waals surface area contributed by atoms with Crippen molar-refractivity contribution in [3.05, 3.63) is 140 Å². The molecule has 0 unspecified atom stereocenters. The predicted octanol–water partition coefficient (Wildman–Crippen LogP) is 15.9. The summed E-state index contributed by atoms with van der Waals surface area (Å²) in [6.45, 7) is 33.6. The van der Waals surface area contributed by atoms with Crippen molar-refractivity contribution in [3.8, 4) is 32.4 Å². The van der Waals surface area contributed by atoms with Crippen LogP contribution in [-0.4, -0.2) is 194 Å². The van der Waals surface area contributed by atoms with E-state index in [-0.39, 0.29) is 51.3 Å². The van der Waals surface area contributed by atoms with Crippen LogP contribution in [0.4, 0.5) is 11.6 Å². The summed E-state index contributed by atoms with van der Waals surface area (Å²) in [5, 5.41) is 16.6. The summed E-state index contributed by atoms with van der Waals surface area (Å²) in [5.41, 5.74) is 6.82. The smallest absolute Gasteiger partial charge is 0.399 e. The minimum absolute atomic E-state index is 0. The molecule has 548 valence electrons. The number of thiophene rings is 2. The number of Topliss-reactive ketones (excluding diaryl/α,β-unsaturated/α-hetero) is 3. The van der Waals surface area contributed by atoms with E-state index in [1.165, 1.54) is 0 Å². The predicted molar refractivity (Wildman–Crippen MR) is 424 cm³/mol. The van der Waals surface area contributed by atoms with Gasteiger partial charge in [0.15, 0.2) is 28.6 Å². The van der Waals surface area contributed by atoms with E-state index in [0.717, 1.165) is 108 Å². The van der Waals surface area contributed by atoms with Gasteiger partial charge in [-0.3, -0.25) is 14.4 Å². The Morgan fingerprint density at radius 3 is 1.29 bits per heavy atom. The second kappa shape index (κ2) is 40.7. The number of rotatable bonds is 27. The average Bonchev–Trinajstić information content (AvgIpc) is 1.53. The fraction of sp³-hybridized carbons (Fsp3) is 0.486. The molecule has 101 heavy (non-hydrogen) atoms. The molecule has 20 nitrogen and oxygen atoms in total. The van der Waals surface area contributed by atoms with E-state index in [0.29, 0.717) is 70.7 Å². The number of hydrogen-bond acceptors (Lipinski definition) is 20. The molecule has 0 aliphatic carbocycles. The van der Waals surface area contributed by atoms with Crippen LogP contribution in [0.1, 0.15) is 160 Å². The highest BCUT2D eigenvalue weighted by molar-refractivity contribution is 7.13. The summed E-state index contributed by atoms with van der Waals surface area (Å²) in [4.78, 5) is 73.2. The summed E-state index contributed by atoms with van der Waals surface area (Å²) in [5.74, 6) is 1.77. The van der Waals surface area contributed by atoms with Crippen LogP contribution in [0.25, 0.3) is 43.7 Å². The van der Waals surface area contributed by atoms with Gasteiger partial charge in [0, 0.05) is 100 Å². The first-order valence-corrected chi connectivity index (χ1v) is 37.4. The minimum Gasteiger partial charge on any atom is -0.399 e. The van der Waals surface area contributed by atoms with Gasteiger partial charge in [0.2, 0.25) is 0 Å². The van der Waals surface area contributed by atoms with Crippen molar-refractivity contribution in [3.63, 3.8) is 0 Å². The Bertz CT molecular complexity index is 4000. The van der Waals surface area contributed by atoms with Gasteiger partial charge in [0.05, 0.1) is 56.0 Å². The molecule has 0 saturated carbocycles. The number of nitrogens with one attached hydrogen (secondary N) is 1. The van der Waals surface area contributed by atoms with Crippen LogP contribution in [0.3, 0.4) is 0 Å². The zero-order valence-corrected chi connectivity index (χ0v) is 67.1. The Morgan fingerprint density at radius 1 is 0.525 bits per heavy atom. The number of hydrogen-bond donors (Lipinski definition) is 1. The van der Waals surface area contributed by atoms with Crippen LogP contribution in [0, 0.1) is 0 Å². The highest BCUT2D eigenvalue weighted by Crippen LogP contribution is 2.37. The zero-order valence-electron chi connectivity index (χ0n) is 62.3. The molecule has 1 aliphatic rings. The maximum Gasteiger partial charge on any atom is 0.500 e. The maximum absolute atomic E-state index is 13.2. The fourth-order valence-electron chi connectivity index (χ4n) is 11.3. The van der Waals surface area contributed by atoms with Crippen molar-refractivity contribution in [2.75, 3.05) is 91.4 Å². The van der Waals surface area contributed by atoms with Crippen molar-refractivity contribution in [2.24, 2.45) is 0 Å². The molecule has 1 N–H and O–H groups in total. The second-order valence-electron chi connectivity index (χ2n) is 25.9. The van der Waals surface area contributed by atoms with Gasteiger partial charge in [-0.25, -0.2) is 34.0 Å². The molecule has 0 radical (unpaired) electrons. The lowest BCUT2D eigenvalue weighted by Crippen LogP contribution is -2.41. The molecule has 0 bridgehead atoms. The largest absolute Gasteiger partial charge is 0.500 e. The lowest BCUT2D eigenvalue weighted by atomic mass is 9.81. The summed E-state index contributed by atoms with van der Waals surface area (Å²) in [7, 11) is 10.9. The molecule has 27 heteroatoms. The Morgan fingerprint density at radius 2 is 0.891 bits per heavy atom. The van der Waals surface area contributed by atoms with Crippen LogP contribution < -0.4 is 20.6 Å². The fourth-order valence-corrected chi connectivity index (χ4v) is 13.3. The van der Waals surface area contributed by atoms with Crippen LogP contribution in [0.5, 0.6) is 0 Å². The van der Waals surface area contributed by atoms with E-state index in [4.69, 9.17) is 59.1 Å². The van der Waals surface area contributed by atoms with Crippen molar-refractivity contribution >= 4 is 123 Å². The molecule has 1 aliphatic heterocycles. The Labute approximate surface area is 628 Å². The van der Waals surface area contributed by atoms with Gasteiger partial charge in [-0.05, 0) is 193 Å². The van der Waals surface area contributed by atoms with Crippen LogP contribution in [0.2, 0.25) is 15.5 Å². The first-order chi connectivity index (χ1) is 47.5. The highest BCUT2D eigenvalue weighted by atomic mass is 35.5. The molecule has 9 aromatic rings. The standard InChI is InChI=1S/C26H32N6OS.C16H18BN3O2S.C16H26ClN3O.C14H20Cl2N2O.C2H7N.ClH/c1-6-31(7-2)18(3)10-11-23(33)19-15-22(28-25(16-19)30(4)5)20-17-27-32-13-12-21(29-26(20)32)24-9-8-14-34-24;1-15(2)16(3,4)22-17(21-15)11-10-18-20-8-7-12(19-14(11)20)13-6-5-9-23-13;1-6-20(7-2)12(3)8-9-14(21)13-10-15(17)18-16(11-13)19(4)5;1-4-18(5-2)10(3)6-7-12(19)11-8-13(15)17-14(16)9-11;1-3-2;/h8-9,12-18H,6-7,10-11H2,1-5H3;5-10H,1-4H3;10-12H,6-9H2,1-5H3;8-10H,4-7H2,1-3H3;3H,1-2H3;1H/t18-;;12-;10-;;/m0.00../s1. The van der Waals surface area contributed by atoms with Gasteiger partial charge in [-0.2, -0.15) is 10.2 Å². The number of pyridine rings is 3. The SMILES string of the molecule is CC1(C)OB(c2cnn3ccc(-c4cccs4)nc23)OC1(C)C.CCN(CC)[C@@H](C)CCC(=O)c1cc(-c2cnn3ccc(-c4cccs4)nc23)nc(N(C)C)c1.CCN(CC)[C@@H](C)CCC(=O)c1cc(Cl)nc(Cl)c1.CCN(CC)[C@@H](C)CCC(=O)c1cc(Cl)nc(N(C)C)c1.CNC.Cl. The van der Waals surface area contributed by atoms with Gasteiger partial charge in [-0.1, -0.05) is 88.5 Å². The molecule has 1 saturated heterocycles. The first kappa shape index (κ1) is 85.3. The molecule has 9 aromatic heterocycles. The molecule has 10 heterocycles. The summed E-state index contributed by atoms with van der Waals surface area (Å²) in [6, 6.07) is 23.6. The maximum atomic E-state index is 13.2. The molecule has 0 aromatic carbocycles. The summed E-state index contributed by atoms with van der Waals surface area (Å²) >= 11 is 20.9. The Hall–Kier alpha value is -6.32. The van der Waals surface area contributed by atoms with Crippen LogP contribution in [0.15, 0.2) is 108 Å². The third-order valence-corrected chi connectivity index (χ3v) is 20.4. The first-order valence-electron chi connectivity index (χ1n) is 34.5. The van der Waals surface area contributed by atoms with E-state index < -0.39 is 7.12 Å². The van der Waals surface area contributed by atoms with Crippen molar-refractivity contribution in [2.45, 2.75) is 158 Å². The quantitative estimate of drug-likeness (QED) is 0.0289. The monoisotopic (exact) mass is 1500 g/mol. The Balaban J connectivity index is 0.000000245. The van der Waals surface area contributed by atoms with Gasteiger partial charge in [0.25, 0.3) is 0 Å². The molecule has 10 rings (SSSR count). The second-order valence-corrected chi connectivity index (χ2v) is 28.9. The van der Waals surface area contributed by atoms with Gasteiger partial charge in [-0.15, -0.1) is 35.1 Å². The molecular weight excluding hydrogens is 1400 g/mol. The minimum atomic E-state index is -0.455. The average molecular weight is 1500 g/mol. The lowest BCUT2D eigenvalue weighted by Gasteiger charge is -2.32. The zero-order chi connectivity index (χ0) is 73.6. The number of halogens is 4. The molecule has 0 amide bonds. The van der Waals surface area contributed by atoms with Crippen LogP contribution in [-0.2, 0) is 9.31 Å². The van der Waals surface area contributed by atoms with E-state index in [9.17, 15) is 14.4 Å². The van der Waals surface area contributed by atoms with Gasteiger partial charge < -0.3 is 39.1 Å². The molecular formula is C74H104BCl4N15O5S2. The highest BCUT2D eigenvalue weighted by Gasteiger charge is 2.52. The molecule has 0 spiro atoms. The summed E-state index contributed by atoms with van der Waals surface area (Å²) < 4.78 is 15.8. The lowest BCUT2D eigenvalue weighted by molar-refractivity contribution is 0.00578. The van der Waals surface area contributed by atoms with Crippen LogP contribution >= 0.6 is 69.9 Å². The topological polar surface area (TPSA) is 197 Å². The van der Waals surface area contributed by atoms with Crippen molar-refractivity contribution < 1.29 is 23.7 Å². The number of ketones is 3. The number of carbonyl (C=O) groups excluding carboxylic acids is 3. The third kappa shape index (κ3) is 23.9. The van der Waals surface area contributed by atoms with E-state index in [1.54, 1.807) is 68.4 Å². The van der Waals surface area contributed by atoms with E-state index >= 15 is 0 Å². The van der Waals surface area contributed by atoms with E-state index in [2.05, 4.69) is 115 Å². The number of carbonyl (C=O) groups is 3. The Kier molecular flexibility index (Phi) is 34.4. The number of aromatic nitrogens is 9. The number of fused-ring (bicyclic) bond motifs is 2. The molecule has 3 atom stereocenters. The van der Waals surface area contributed by atoms with Gasteiger partial charge >= 0.3 is 7.12 Å². The number of anilines is 2. The summed E-state index contributed by atoms with van der Waals surface area (Å²) in [6.07, 6.45) is 11.4. The normalized spacial score (nSPS) is 13.8.